The number of fused-ring (bicyclic) bond motifs is 6. The molecule has 0 spiro atoms. The minimum absolute atomic E-state index is 0.173. The molecule has 90 valence electrons. The van der Waals surface area contributed by atoms with Gasteiger partial charge in [0.25, 0.3) is 5.56 Å². The van der Waals surface area contributed by atoms with E-state index in [4.69, 9.17) is 0 Å². The van der Waals surface area contributed by atoms with Gasteiger partial charge < -0.3 is 4.98 Å². The van der Waals surface area contributed by atoms with Gasteiger partial charge in [-0.05, 0) is 10.8 Å². The molecule has 0 aliphatic rings. The van der Waals surface area contributed by atoms with Gasteiger partial charge in [-0.3, -0.25) is 4.79 Å². The average Bonchev–Trinajstić information content (AvgIpc) is 2.47. The summed E-state index contributed by atoms with van der Waals surface area (Å²) >= 11 is 0. The highest BCUT2D eigenvalue weighted by atomic mass is 16.1. The minimum Gasteiger partial charge on any atom is -0.319 e. The zero-order valence-electron chi connectivity index (χ0n) is 10.1. The maximum atomic E-state index is 11.5. The van der Waals surface area contributed by atoms with Crippen LogP contribution in [-0.2, 0) is 0 Å². The maximum Gasteiger partial charge on any atom is 0.266 e. The Labute approximate surface area is 108 Å². The van der Waals surface area contributed by atoms with Gasteiger partial charge in [0.1, 0.15) is 0 Å². The Hall–Kier alpha value is -2.68. The van der Waals surface area contributed by atoms with Crippen LogP contribution >= 0.6 is 0 Å². The van der Waals surface area contributed by atoms with Crippen molar-refractivity contribution in [3.05, 3.63) is 65.1 Å². The molecule has 4 rings (SSSR count). The van der Waals surface area contributed by atoms with Crippen molar-refractivity contribution in [2.75, 3.05) is 0 Å². The van der Waals surface area contributed by atoms with Crippen LogP contribution in [0.15, 0.2) is 59.5 Å². The lowest BCUT2D eigenvalue weighted by molar-refractivity contribution is 1.23. The molecule has 0 saturated carbocycles. The maximum absolute atomic E-state index is 11.5. The van der Waals surface area contributed by atoms with Crippen molar-refractivity contribution >= 4 is 32.6 Å². The van der Waals surface area contributed by atoms with Crippen LogP contribution < -0.4 is 5.56 Å². The molecule has 3 nitrogen and oxygen atoms in total. The molecule has 0 saturated heterocycles. The Balaban J connectivity index is 2.47. The zero-order chi connectivity index (χ0) is 12.8. The molecule has 4 aromatic rings. The van der Waals surface area contributed by atoms with Gasteiger partial charge in [0, 0.05) is 10.8 Å². The van der Waals surface area contributed by atoms with Crippen LogP contribution in [0.25, 0.3) is 32.6 Å². The molecule has 3 heteroatoms. The third-order valence-electron chi connectivity index (χ3n) is 3.46. The summed E-state index contributed by atoms with van der Waals surface area (Å²) in [5, 5.41) is 4.38. The van der Waals surface area contributed by atoms with Crippen molar-refractivity contribution < 1.29 is 0 Å². The standard InChI is InChI=1S/C16H10N2O/c19-14-9-17-15-12-7-3-1-5-10(12)11-6-2-4-8-13(11)16(15)18-14/h1-9H,(H,18,19). The molecule has 1 N–H and O–H groups in total. The van der Waals surface area contributed by atoms with Crippen LogP contribution in [0.1, 0.15) is 0 Å². The fourth-order valence-electron chi connectivity index (χ4n) is 2.66. The topological polar surface area (TPSA) is 45.8 Å². The lowest BCUT2D eigenvalue weighted by Crippen LogP contribution is -2.05. The largest absolute Gasteiger partial charge is 0.319 e. The lowest BCUT2D eigenvalue weighted by Gasteiger charge is -2.08. The third kappa shape index (κ3) is 1.38. The van der Waals surface area contributed by atoms with Crippen LogP contribution in [0.3, 0.4) is 0 Å². The Kier molecular flexibility index (Phi) is 1.97. The SMILES string of the molecule is O=c1cnc2c3ccccc3c3ccccc3c2[nH]1. The van der Waals surface area contributed by atoms with Crippen molar-refractivity contribution in [3.63, 3.8) is 0 Å². The number of nitrogens with one attached hydrogen (secondary N) is 1. The van der Waals surface area contributed by atoms with Crippen LogP contribution in [0, 0.1) is 0 Å². The number of aromatic nitrogens is 2. The van der Waals surface area contributed by atoms with Crippen molar-refractivity contribution in [1.82, 2.24) is 9.97 Å². The monoisotopic (exact) mass is 246 g/mol. The highest BCUT2D eigenvalue weighted by Crippen LogP contribution is 2.31. The lowest BCUT2D eigenvalue weighted by atomic mass is 10.00. The second kappa shape index (κ2) is 3.65. The van der Waals surface area contributed by atoms with E-state index in [1.807, 2.05) is 36.4 Å². The van der Waals surface area contributed by atoms with E-state index in [-0.39, 0.29) is 5.56 Å². The minimum atomic E-state index is -0.173. The van der Waals surface area contributed by atoms with Gasteiger partial charge in [-0.15, -0.1) is 0 Å². The molecule has 0 aliphatic heterocycles. The van der Waals surface area contributed by atoms with Crippen molar-refractivity contribution in [2.24, 2.45) is 0 Å². The summed E-state index contributed by atoms with van der Waals surface area (Å²) in [5.41, 5.74) is 1.48. The van der Waals surface area contributed by atoms with Gasteiger partial charge >= 0.3 is 0 Å². The molecule has 0 fully saturated rings. The Morgan fingerprint density at radius 2 is 1.37 bits per heavy atom. The van der Waals surface area contributed by atoms with Crippen molar-refractivity contribution in [1.29, 1.82) is 0 Å². The van der Waals surface area contributed by atoms with Gasteiger partial charge in [-0.1, -0.05) is 48.5 Å². The molecule has 0 aliphatic carbocycles. The predicted octanol–water partition coefficient (Wildman–Crippen LogP) is 3.23. The third-order valence-corrected chi connectivity index (χ3v) is 3.46. The first-order valence-electron chi connectivity index (χ1n) is 6.13. The van der Waals surface area contributed by atoms with Crippen LogP contribution in [-0.4, -0.2) is 9.97 Å². The number of aromatic amines is 1. The van der Waals surface area contributed by atoms with E-state index in [0.29, 0.717) is 0 Å². The molecule has 0 atom stereocenters. The Morgan fingerprint density at radius 1 is 0.789 bits per heavy atom. The molecular formula is C16H10N2O. The second-order valence-corrected chi connectivity index (χ2v) is 4.56. The molecule has 19 heavy (non-hydrogen) atoms. The predicted molar refractivity (Wildman–Crippen MR) is 77.4 cm³/mol. The first-order valence-corrected chi connectivity index (χ1v) is 6.13. The van der Waals surface area contributed by atoms with Gasteiger partial charge in [0.05, 0.1) is 17.2 Å². The second-order valence-electron chi connectivity index (χ2n) is 4.56. The van der Waals surface area contributed by atoms with E-state index in [0.717, 1.165) is 32.6 Å². The summed E-state index contributed by atoms with van der Waals surface area (Å²) in [6.07, 6.45) is 1.34. The van der Waals surface area contributed by atoms with E-state index in [1.54, 1.807) is 0 Å². The van der Waals surface area contributed by atoms with Crippen molar-refractivity contribution in [3.8, 4) is 0 Å². The van der Waals surface area contributed by atoms with E-state index < -0.39 is 0 Å². The molecule has 0 bridgehead atoms. The first kappa shape index (κ1) is 10.3. The van der Waals surface area contributed by atoms with Crippen LogP contribution in [0.2, 0.25) is 0 Å². The zero-order valence-corrected chi connectivity index (χ0v) is 10.1. The van der Waals surface area contributed by atoms with Gasteiger partial charge in [0.2, 0.25) is 0 Å². The van der Waals surface area contributed by atoms with E-state index in [2.05, 4.69) is 22.1 Å². The normalized spacial score (nSPS) is 11.4. The summed E-state index contributed by atoms with van der Waals surface area (Å²) in [6.45, 7) is 0. The molecule has 3 aromatic carbocycles. The fourth-order valence-corrected chi connectivity index (χ4v) is 2.66. The highest BCUT2D eigenvalue weighted by Gasteiger charge is 2.08. The number of benzene rings is 3. The highest BCUT2D eigenvalue weighted by molar-refractivity contribution is 6.22. The summed E-state index contributed by atoms with van der Waals surface area (Å²) in [5.74, 6) is 0. The first-order chi connectivity index (χ1) is 9.34. The summed E-state index contributed by atoms with van der Waals surface area (Å²) in [7, 11) is 0. The summed E-state index contributed by atoms with van der Waals surface area (Å²) in [4.78, 5) is 18.8. The molecule has 1 heterocycles. The Morgan fingerprint density at radius 3 is 2.11 bits per heavy atom. The number of H-pyrrole nitrogens is 1. The smallest absolute Gasteiger partial charge is 0.266 e. The summed E-state index contributed by atoms with van der Waals surface area (Å²) < 4.78 is 0. The summed E-state index contributed by atoms with van der Waals surface area (Å²) in [6, 6.07) is 16.2. The van der Waals surface area contributed by atoms with E-state index in [9.17, 15) is 4.79 Å². The van der Waals surface area contributed by atoms with Gasteiger partial charge in [0.15, 0.2) is 0 Å². The fraction of sp³-hybridized carbons (Fsp3) is 0. The molecule has 0 amide bonds. The Bertz CT molecular complexity index is 951. The number of nitrogens with zero attached hydrogens (tertiary/aromatic N) is 1. The van der Waals surface area contributed by atoms with E-state index >= 15 is 0 Å². The number of rotatable bonds is 0. The molecule has 0 unspecified atom stereocenters. The van der Waals surface area contributed by atoms with Crippen LogP contribution in [0.4, 0.5) is 0 Å². The molecule has 1 aromatic heterocycles. The molecular weight excluding hydrogens is 236 g/mol. The number of hydrogen-bond acceptors (Lipinski definition) is 2. The van der Waals surface area contributed by atoms with Gasteiger partial charge in [-0.25, -0.2) is 4.98 Å². The van der Waals surface area contributed by atoms with Crippen LogP contribution in [0.5, 0.6) is 0 Å². The number of hydrogen-bond donors (Lipinski definition) is 1. The van der Waals surface area contributed by atoms with Crippen molar-refractivity contribution in [2.45, 2.75) is 0 Å². The van der Waals surface area contributed by atoms with E-state index in [1.165, 1.54) is 6.20 Å². The average molecular weight is 246 g/mol. The molecule has 0 radical (unpaired) electrons. The quantitative estimate of drug-likeness (QED) is 0.484. The van der Waals surface area contributed by atoms with Gasteiger partial charge in [-0.2, -0.15) is 0 Å².